The minimum absolute atomic E-state index is 0.0412. The fraction of sp³-hybridized carbons (Fsp3) is 0.519. The van der Waals surface area contributed by atoms with Crippen LogP contribution in [0.5, 0.6) is 17.2 Å². The molecule has 3 rings (SSSR count). The normalized spacial score (nSPS) is 16.7. The predicted octanol–water partition coefficient (Wildman–Crippen LogP) is 3.67. The largest absolute Gasteiger partial charge is 0.493 e. The number of carbonyl (C=O) groups is 1. The summed E-state index contributed by atoms with van der Waals surface area (Å²) in [5.74, 6) is 1.41. The van der Waals surface area contributed by atoms with Crippen molar-refractivity contribution in [1.29, 1.82) is 0 Å². The number of allylic oxidation sites excluding steroid dienone is 5. The molecule has 0 aromatic heterocycles. The number of nitrogens with one attached hydrogen (secondary N) is 1. The lowest BCUT2D eigenvalue weighted by Gasteiger charge is -2.29. The average Bonchev–Trinajstić information content (AvgIpc) is 2.87. The summed E-state index contributed by atoms with van der Waals surface area (Å²) in [5, 5.41) is 3.39. The summed E-state index contributed by atoms with van der Waals surface area (Å²) in [6.07, 6.45) is 11.9. The summed E-state index contributed by atoms with van der Waals surface area (Å²) < 4.78 is 16.4. The number of methoxy groups -OCH3 is 3. The van der Waals surface area contributed by atoms with Crippen molar-refractivity contribution < 1.29 is 19.0 Å². The van der Waals surface area contributed by atoms with Crippen molar-refractivity contribution in [2.24, 2.45) is 0 Å². The second kappa shape index (κ2) is 13.2. The molecule has 1 saturated heterocycles. The Morgan fingerprint density at radius 1 is 1.09 bits per heavy atom. The number of amides is 1. The molecule has 1 amide bonds. The first-order valence-corrected chi connectivity index (χ1v) is 12.1. The average molecular weight is 470 g/mol. The quantitative estimate of drug-likeness (QED) is 0.534. The molecule has 1 fully saturated rings. The van der Waals surface area contributed by atoms with E-state index in [1.165, 1.54) is 5.57 Å². The van der Waals surface area contributed by atoms with Gasteiger partial charge in [0.05, 0.1) is 21.3 Å². The lowest BCUT2D eigenvalue weighted by atomic mass is 10.0. The van der Waals surface area contributed by atoms with E-state index in [0.29, 0.717) is 35.9 Å². The standard InChI is InChI=1S/C27H39N3O4/c1-21(17-22-9-6-5-7-10-22)20-30(14-8-13-29-15-11-28-12-16-29)27(31)23-18-24(32-2)26(34-4)25(19-23)33-3/h6,9-10,17-19,28H,5,7-8,11-16,20H2,1-4H3/b21-17+. The molecule has 1 aromatic rings. The van der Waals surface area contributed by atoms with Gasteiger partial charge in [0, 0.05) is 44.8 Å². The minimum Gasteiger partial charge on any atom is -0.493 e. The Balaban J connectivity index is 1.79. The Morgan fingerprint density at radius 3 is 2.38 bits per heavy atom. The summed E-state index contributed by atoms with van der Waals surface area (Å²) in [7, 11) is 4.69. The summed E-state index contributed by atoms with van der Waals surface area (Å²) in [5.41, 5.74) is 2.90. The Bertz CT molecular complexity index is 891. The monoisotopic (exact) mass is 469 g/mol. The Kier molecular flexibility index (Phi) is 10.0. The van der Waals surface area contributed by atoms with Gasteiger partial charge in [-0.1, -0.05) is 29.9 Å². The van der Waals surface area contributed by atoms with E-state index in [1.54, 1.807) is 33.5 Å². The van der Waals surface area contributed by atoms with Crippen LogP contribution in [-0.2, 0) is 0 Å². The molecule has 0 spiro atoms. The Morgan fingerprint density at radius 2 is 1.79 bits per heavy atom. The Hall–Kier alpha value is -2.77. The van der Waals surface area contributed by atoms with Crippen molar-refractivity contribution in [1.82, 2.24) is 15.1 Å². The fourth-order valence-corrected chi connectivity index (χ4v) is 4.43. The van der Waals surface area contributed by atoms with Gasteiger partial charge in [-0.15, -0.1) is 0 Å². The minimum atomic E-state index is -0.0412. The smallest absolute Gasteiger partial charge is 0.254 e. The van der Waals surface area contributed by atoms with Crippen LogP contribution in [0.2, 0.25) is 0 Å². The molecule has 0 saturated carbocycles. The van der Waals surface area contributed by atoms with Gasteiger partial charge in [-0.25, -0.2) is 0 Å². The SMILES string of the molecule is COc1cc(C(=O)N(CCCN2CCNCC2)C/C(C)=C/C2=CCCC=C2)cc(OC)c1OC. The van der Waals surface area contributed by atoms with Crippen LogP contribution < -0.4 is 19.5 Å². The van der Waals surface area contributed by atoms with Gasteiger partial charge in [0.25, 0.3) is 5.91 Å². The molecule has 1 aliphatic carbocycles. The molecule has 1 N–H and O–H groups in total. The molecule has 186 valence electrons. The topological polar surface area (TPSA) is 63.3 Å². The van der Waals surface area contributed by atoms with Gasteiger partial charge in [-0.05, 0) is 50.4 Å². The van der Waals surface area contributed by atoms with Crippen molar-refractivity contribution in [3.8, 4) is 17.2 Å². The molecule has 1 aliphatic heterocycles. The maximum absolute atomic E-state index is 13.7. The molecular weight excluding hydrogens is 430 g/mol. The predicted molar refractivity (Wildman–Crippen MR) is 136 cm³/mol. The van der Waals surface area contributed by atoms with Crippen LogP contribution in [0.1, 0.15) is 36.5 Å². The summed E-state index contributed by atoms with van der Waals surface area (Å²) >= 11 is 0. The molecule has 1 aromatic carbocycles. The maximum atomic E-state index is 13.7. The molecule has 1 heterocycles. The lowest BCUT2D eigenvalue weighted by molar-refractivity contribution is 0.0760. The number of nitrogens with zero attached hydrogens (tertiary/aromatic N) is 2. The number of carbonyl (C=O) groups excluding carboxylic acids is 1. The molecule has 34 heavy (non-hydrogen) atoms. The highest BCUT2D eigenvalue weighted by Crippen LogP contribution is 2.38. The molecule has 2 aliphatic rings. The molecule has 7 heteroatoms. The van der Waals surface area contributed by atoms with Crippen LogP contribution in [0.4, 0.5) is 0 Å². The van der Waals surface area contributed by atoms with Crippen LogP contribution in [0.3, 0.4) is 0 Å². The molecule has 7 nitrogen and oxygen atoms in total. The third-order valence-corrected chi connectivity index (χ3v) is 6.19. The highest BCUT2D eigenvalue weighted by molar-refractivity contribution is 5.95. The van der Waals surface area contributed by atoms with Gasteiger partial charge < -0.3 is 29.3 Å². The van der Waals surface area contributed by atoms with Crippen molar-refractivity contribution in [2.75, 3.05) is 67.1 Å². The molecule has 0 bridgehead atoms. The number of hydrogen-bond acceptors (Lipinski definition) is 6. The zero-order valence-corrected chi connectivity index (χ0v) is 21.1. The molecular formula is C27H39N3O4. The summed E-state index contributed by atoms with van der Waals surface area (Å²) in [6, 6.07) is 3.47. The van der Waals surface area contributed by atoms with E-state index in [0.717, 1.165) is 57.6 Å². The highest BCUT2D eigenvalue weighted by atomic mass is 16.5. The first-order chi connectivity index (χ1) is 16.5. The Labute approximate surface area is 204 Å². The molecule has 0 radical (unpaired) electrons. The first kappa shape index (κ1) is 25.8. The second-order valence-corrected chi connectivity index (χ2v) is 8.76. The summed E-state index contributed by atoms with van der Waals surface area (Å²) in [4.78, 5) is 18.1. The van der Waals surface area contributed by atoms with Gasteiger partial charge in [-0.2, -0.15) is 0 Å². The van der Waals surface area contributed by atoms with Crippen molar-refractivity contribution in [3.05, 3.63) is 53.1 Å². The van der Waals surface area contributed by atoms with Gasteiger partial charge in [0.1, 0.15) is 0 Å². The number of rotatable bonds is 11. The number of benzene rings is 1. The second-order valence-electron chi connectivity index (χ2n) is 8.76. The molecule has 0 unspecified atom stereocenters. The van der Waals surface area contributed by atoms with Gasteiger partial charge in [-0.3, -0.25) is 4.79 Å². The van der Waals surface area contributed by atoms with Crippen LogP contribution in [0, 0.1) is 0 Å². The van der Waals surface area contributed by atoms with E-state index >= 15 is 0 Å². The van der Waals surface area contributed by atoms with Crippen molar-refractivity contribution in [3.63, 3.8) is 0 Å². The van der Waals surface area contributed by atoms with E-state index in [-0.39, 0.29) is 5.91 Å². The van der Waals surface area contributed by atoms with Gasteiger partial charge in [0.2, 0.25) is 5.75 Å². The van der Waals surface area contributed by atoms with Crippen LogP contribution in [0.15, 0.2) is 47.6 Å². The zero-order chi connectivity index (χ0) is 24.3. The van der Waals surface area contributed by atoms with Crippen LogP contribution >= 0.6 is 0 Å². The number of ether oxygens (including phenoxy) is 3. The highest BCUT2D eigenvalue weighted by Gasteiger charge is 2.22. The lowest BCUT2D eigenvalue weighted by Crippen LogP contribution is -2.44. The van der Waals surface area contributed by atoms with Crippen LogP contribution in [-0.4, -0.2) is 82.8 Å². The van der Waals surface area contributed by atoms with Crippen molar-refractivity contribution in [2.45, 2.75) is 26.2 Å². The third-order valence-electron chi connectivity index (χ3n) is 6.19. The number of piperazine rings is 1. The van der Waals surface area contributed by atoms with Crippen LogP contribution in [0.25, 0.3) is 0 Å². The van der Waals surface area contributed by atoms with E-state index in [2.05, 4.69) is 41.4 Å². The van der Waals surface area contributed by atoms with E-state index in [9.17, 15) is 4.79 Å². The summed E-state index contributed by atoms with van der Waals surface area (Å²) in [6.45, 7) is 8.49. The van der Waals surface area contributed by atoms with E-state index in [4.69, 9.17) is 14.2 Å². The van der Waals surface area contributed by atoms with Gasteiger partial charge >= 0.3 is 0 Å². The van der Waals surface area contributed by atoms with Crippen molar-refractivity contribution >= 4 is 5.91 Å². The molecule has 0 atom stereocenters. The zero-order valence-electron chi connectivity index (χ0n) is 21.1. The third kappa shape index (κ3) is 7.11. The fourth-order valence-electron chi connectivity index (χ4n) is 4.43. The maximum Gasteiger partial charge on any atom is 0.254 e. The first-order valence-electron chi connectivity index (χ1n) is 12.1. The van der Waals surface area contributed by atoms with E-state index in [1.807, 2.05) is 4.90 Å². The van der Waals surface area contributed by atoms with E-state index < -0.39 is 0 Å². The number of hydrogen-bond donors (Lipinski definition) is 1. The van der Waals surface area contributed by atoms with Gasteiger partial charge in [0.15, 0.2) is 11.5 Å².